The molecule has 0 radical (unpaired) electrons. The van der Waals surface area contributed by atoms with Crippen LogP contribution in [0.3, 0.4) is 0 Å². The van der Waals surface area contributed by atoms with E-state index in [1.54, 1.807) is 12.1 Å². The Morgan fingerprint density at radius 2 is 1.96 bits per heavy atom. The standard InChI is InChI=1S/C17H18ClN5O/c18-12-7-10(22-14-8-13(19)20-9-21-14)6-11-15(12)16(24)23-17(11)4-2-1-3-5-17/h6-9H,1-5H2,(H,23,24)(H3,19,20,21,22). The fourth-order valence-corrected chi connectivity index (χ4v) is 4.08. The van der Waals surface area contributed by atoms with Crippen LogP contribution >= 0.6 is 11.6 Å². The van der Waals surface area contributed by atoms with Gasteiger partial charge in [0.05, 0.1) is 16.1 Å². The number of benzene rings is 1. The van der Waals surface area contributed by atoms with Crippen LogP contribution < -0.4 is 16.4 Å². The van der Waals surface area contributed by atoms with Crippen molar-refractivity contribution >= 4 is 34.8 Å². The third-order valence-corrected chi connectivity index (χ3v) is 5.15. The third kappa shape index (κ3) is 2.47. The molecular formula is C17H18ClN5O. The first-order valence-electron chi connectivity index (χ1n) is 8.08. The molecule has 1 aliphatic heterocycles. The largest absolute Gasteiger partial charge is 0.384 e. The molecule has 1 fully saturated rings. The predicted octanol–water partition coefficient (Wildman–Crippen LogP) is 3.36. The van der Waals surface area contributed by atoms with Crippen molar-refractivity contribution in [2.45, 2.75) is 37.6 Å². The molecule has 0 atom stereocenters. The number of fused-ring (bicyclic) bond motifs is 2. The predicted molar refractivity (Wildman–Crippen MR) is 93.4 cm³/mol. The molecule has 1 aromatic carbocycles. The SMILES string of the molecule is Nc1cc(Nc2cc(Cl)c3c(c2)C2(CCCCC2)NC3=O)ncn1. The van der Waals surface area contributed by atoms with E-state index < -0.39 is 0 Å². The van der Waals surface area contributed by atoms with Gasteiger partial charge in [0.15, 0.2) is 0 Å². The number of carbonyl (C=O) groups is 1. The molecule has 1 aliphatic carbocycles. The van der Waals surface area contributed by atoms with E-state index >= 15 is 0 Å². The summed E-state index contributed by atoms with van der Waals surface area (Å²) in [6, 6.07) is 5.41. The van der Waals surface area contributed by atoms with Gasteiger partial charge >= 0.3 is 0 Å². The van der Waals surface area contributed by atoms with Gasteiger partial charge in [0.1, 0.15) is 18.0 Å². The first-order valence-corrected chi connectivity index (χ1v) is 8.46. The number of nitrogens with two attached hydrogens (primary N) is 1. The van der Waals surface area contributed by atoms with Gasteiger partial charge in [0.25, 0.3) is 5.91 Å². The highest BCUT2D eigenvalue weighted by molar-refractivity contribution is 6.34. The number of anilines is 3. The number of nitrogens with zero attached hydrogens (tertiary/aromatic N) is 2. The topological polar surface area (TPSA) is 92.9 Å². The lowest BCUT2D eigenvalue weighted by Gasteiger charge is -2.34. The van der Waals surface area contributed by atoms with E-state index in [2.05, 4.69) is 20.6 Å². The fourth-order valence-electron chi connectivity index (χ4n) is 3.77. The first kappa shape index (κ1) is 15.2. The Labute approximate surface area is 144 Å². The minimum absolute atomic E-state index is 0.0743. The number of hydrogen-bond acceptors (Lipinski definition) is 5. The Hall–Kier alpha value is -2.34. The molecule has 4 N–H and O–H groups in total. The molecule has 4 rings (SSSR count). The summed E-state index contributed by atoms with van der Waals surface area (Å²) in [5.74, 6) is 0.906. The van der Waals surface area contributed by atoms with Crippen LogP contribution in [0.2, 0.25) is 5.02 Å². The molecule has 2 aromatic rings. The van der Waals surface area contributed by atoms with Crippen molar-refractivity contribution in [3.05, 3.63) is 40.7 Å². The number of amides is 1. The summed E-state index contributed by atoms with van der Waals surface area (Å²) < 4.78 is 0. The zero-order chi connectivity index (χ0) is 16.7. The van der Waals surface area contributed by atoms with E-state index in [-0.39, 0.29) is 11.4 Å². The van der Waals surface area contributed by atoms with E-state index in [0.717, 1.165) is 36.9 Å². The Bertz CT molecular complexity index is 817. The molecule has 1 spiro atoms. The zero-order valence-corrected chi connectivity index (χ0v) is 13.9. The average Bonchev–Trinajstić information content (AvgIpc) is 2.80. The van der Waals surface area contributed by atoms with Crippen LogP contribution in [0.1, 0.15) is 48.0 Å². The van der Waals surface area contributed by atoms with E-state index in [4.69, 9.17) is 17.3 Å². The summed E-state index contributed by atoms with van der Waals surface area (Å²) in [5.41, 5.74) is 7.79. The molecule has 0 unspecified atom stereocenters. The van der Waals surface area contributed by atoms with Gasteiger partial charge < -0.3 is 16.4 Å². The lowest BCUT2D eigenvalue weighted by Crippen LogP contribution is -2.40. The lowest BCUT2D eigenvalue weighted by atomic mass is 9.77. The molecule has 0 bridgehead atoms. The van der Waals surface area contributed by atoms with Crippen LogP contribution in [0.25, 0.3) is 0 Å². The summed E-state index contributed by atoms with van der Waals surface area (Å²) in [6.45, 7) is 0. The van der Waals surface area contributed by atoms with Crippen LogP contribution in [0.4, 0.5) is 17.3 Å². The van der Waals surface area contributed by atoms with Crippen LogP contribution in [-0.2, 0) is 5.54 Å². The smallest absolute Gasteiger partial charge is 0.253 e. The normalized spacial score (nSPS) is 18.3. The lowest BCUT2D eigenvalue weighted by molar-refractivity contribution is 0.0909. The van der Waals surface area contributed by atoms with Gasteiger partial charge in [-0.3, -0.25) is 4.79 Å². The van der Waals surface area contributed by atoms with Crippen molar-refractivity contribution in [2.24, 2.45) is 0 Å². The van der Waals surface area contributed by atoms with Gasteiger partial charge in [0, 0.05) is 11.8 Å². The summed E-state index contributed by atoms with van der Waals surface area (Å²) in [5, 5.41) is 6.83. The molecule has 124 valence electrons. The van der Waals surface area contributed by atoms with Gasteiger partial charge in [-0.2, -0.15) is 0 Å². The van der Waals surface area contributed by atoms with E-state index in [1.165, 1.54) is 12.7 Å². The number of nitrogens with one attached hydrogen (secondary N) is 2. The van der Waals surface area contributed by atoms with Gasteiger partial charge in [-0.1, -0.05) is 30.9 Å². The summed E-state index contributed by atoms with van der Waals surface area (Å²) >= 11 is 6.41. The second-order valence-corrected chi connectivity index (χ2v) is 6.84. The van der Waals surface area contributed by atoms with Crippen molar-refractivity contribution in [1.29, 1.82) is 0 Å². The van der Waals surface area contributed by atoms with Crippen LogP contribution in [0.5, 0.6) is 0 Å². The number of halogens is 1. The number of carbonyl (C=O) groups excluding carboxylic acids is 1. The molecule has 0 saturated heterocycles. The van der Waals surface area contributed by atoms with E-state index in [0.29, 0.717) is 22.2 Å². The highest BCUT2D eigenvalue weighted by Crippen LogP contribution is 2.45. The van der Waals surface area contributed by atoms with Crippen molar-refractivity contribution in [3.63, 3.8) is 0 Å². The maximum Gasteiger partial charge on any atom is 0.253 e. The maximum atomic E-state index is 12.4. The Morgan fingerprint density at radius 3 is 2.71 bits per heavy atom. The first-order chi connectivity index (χ1) is 11.6. The van der Waals surface area contributed by atoms with Gasteiger partial charge in [-0.05, 0) is 30.5 Å². The number of hydrogen-bond donors (Lipinski definition) is 3. The second kappa shape index (κ2) is 5.63. The maximum absolute atomic E-state index is 12.4. The summed E-state index contributed by atoms with van der Waals surface area (Å²) in [6.07, 6.45) is 6.73. The molecule has 1 amide bonds. The van der Waals surface area contributed by atoms with Crippen molar-refractivity contribution < 1.29 is 4.79 Å². The molecule has 24 heavy (non-hydrogen) atoms. The quantitative estimate of drug-likeness (QED) is 0.777. The Kier molecular flexibility index (Phi) is 3.57. The molecular weight excluding hydrogens is 326 g/mol. The average molecular weight is 344 g/mol. The van der Waals surface area contributed by atoms with E-state index in [9.17, 15) is 4.79 Å². The van der Waals surface area contributed by atoms with Crippen molar-refractivity contribution in [1.82, 2.24) is 15.3 Å². The Morgan fingerprint density at radius 1 is 1.17 bits per heavy atom. The van der Waals surface area contributed by atoms with Crippen LogP contribution in [0, 0.1) is 0 Å². The molecule has 1 aromatic heterocycles. The molecule has 2 heterocycles. The number of nitrogen functional groups attached to an aromatic ring is 1. The molecule has 1 saturated carbocycles. The molecule has 7 heteroatoms. The zero-order valence-electron chi connectivity index (χ0n) is 13.1. The highest BCUT2D eigenvalue weighted by atomic mass is 35.5. The summed E-state index contributed by atoms with van der Waals surface area (Å²) in [4.78, 5) is 20.5. The van der Waals surface area contributed by atoms with Gasteiger partial charge in [-0.15, -0.1) is 0 Å². The Balaban J connectivity index is 1.75. The van der Waals surface area contributed by atoms with Crippen LogP contribution in [0.15, 0.2) is 24.5 Å². The monoisotopic (exact) mass is 343 g/mol. The van der Waals surface area contributed by atoms with Gasteiger partial charge in [-0.25, -0.2) is 9.97 Å². The number of rotatable bonds is 2. The molecule has 6 nitrogen and oxygen atoms in total. The molecule has 2 aliphatic rings. The minimum atomic E-state index is -0.281. The highest BCUT2D eigenvalue weighted by Gasteiger charge is 2.44. The second-order valence-electron chi connectivity index (χ2n) is 6.43. The van der Waals surface area contributed by atoms with E-state index in [1.807, 2.05) is 6.07 Å². The van der Waals surface area contributed by atoms with Crippen LogP contribution in [-0.4, -0.2) is 15.9 Å². The summed E-state index contributed by atoms with van der Waals surface area (Å²) in [7, 11) is 0. The minimum Gasteiger partial charge on any atom is -0.384 e. The van der Waals surface area contributed by atoms with Gasteiger partial charge in [0.2, 0.25) is 0 Å². The van der Waals surface area contributed by atoms with Crippen molar-refractivity contribution in [2.75, 3.05) is 11.1 Å². The number of aromatic nitrogens is 2. The van der Waals surface area contributed by atoms with Crippen molar-refractivity contribution in [3.8, 4) is 0 Å². The third-order valence-electron chi connectivity index (χ3n) is 4.85. The fraction of sp³-hybridized carbons (Fsp3) is 0.353.